The Morgan fingerprint density at radius 3 is 3.13 bits per heavy atom. The second-order valence-corrected chi connectivity index (χ2v) is 3.63. The summed E-state index contributed by atoms with van der Waals surface area (Å²) >= 11 is 0. The van der Waals surface area contributed by atoms with E-state index >= 15 is 0 Å². The van der Waals surface area contributed by atoms with Gasteiger partial charge in [-0.1, -0.05) is 19.8 Å². The number of nitrogens with zero attached hydrogens (tertiary/aromatic N) is 2. The summed E-state index contributed by atoms with van der Waals surface area (Å²) in [5, 5.41) is 0. The van der Waals surface area contributed by atoms with Crippen molar-refractivity contribution in [2.45, 2.75) is 32.2 Å². The fourth-order valence-electron chi connectivity index (χ4n) is 1.49. The lowest BCUT2D eigenvalue weighted by Gasteiger charge is -2.04. The molecule has 80 valence electrons. The molecule has 2 heterocycles. The van der Waals surface area contributed by atoms with Crippen molar-refractivity contribution in [2.24, 2.45) is 5.73 Å². The van der Waals surface area contributed by atoms with Gasteiger partial charge in [0.15, 0.2) is 11.2 Å². The van der Waals surface area contributed by atoms with Gasteiger partial charge in [-0.25, -0.2) is 4.98 Å². The molecule has 2 aromatic heterocycles. The largest absolute Gasteiger partial charge is 0.437 e. The molecule has 2 N–H and O–H groups in total. The molecule has 0 saturated carbocycles. The lowest BCUT2D eigenvalue weighted by Crippen LogP contribution is -2.10. The summed E-state index contributed by atoms with van der Waals surface area (Å²) in [6.45, 7) is 2.14. The monoisotopic (exact) mass is 205 g/mol. The standard InChI is InChI=1S/C11H15N3O/c1-2-3-5-8(12)11-14-10-9(15-11)6-4-7-13-10/h4,6-8H,2-3,5,12H2,1H3. The van der Waals surface area contributed by atoms with Gasteiger partial charge in [0.1, 0.15) is 0 Å². The van der Waals surface area contributed by atoms with Crippen molar-refractivity contribution in [2.75, 3.05) is 0 Å². The van der Waals surface area contributed by atoms with Crippen LogP contribution in [-0.4, -0.2) is 9.97 Å². The van der Waals surface area contributed by atoms with E-state index in [2.05, 4.69) is 16.9 Å². The van der Waals surface area contributed by atoms with Crippen molar-refractivity contribution in [3.05, 3.63) is 24.2 Å². The topological polar surface area (TPSA) is 64.9 Å². The molecular formula is C11H15N3O. The molecular weight excluding hydrogens is 190 g/mol. The minimum Gasteiger partial charge on any atom is -0.437 e. The zero-order chi connectivity index (χ0) is 10.7. The number of hydrogen-bond donors (Lipinski definition) is 1. The summed E-state index contributed by atoms with van der Waals surface area (Å²) in [7, 11) is 0. The van der Waals surface area contributed by atoms with Gasteiger partial charge in [-0.2, -0.15) is 4.98 Å². The van der Waals surface area contributed by atoms with Gasteiger partial charge in [-0.15, -0.1) is 0 Å². The van der Waals surface area contributed by atoms with Gasteiger partial charge in [0, 0.05) is 6.20 Å². The fraction of sp³-hybridized carbons (Fsp3) is 0.455. The Hall–Kier alpha value is -1.42. The Morgan fingerprint density at radius 1 is 1.53 bits per heavy atom. The average Bonchev–Trinajstić information content (AvgIpc) is 2.69. The third kappa shape index (κ3) is 2.15. The van der Waals surface area contributed by atoms with Crippen LogP contribution in [0.4, 0.5) is 0 Å². The summed E-state index contributed by atoms with van der Waals surface area (Å²) in [5.41, 5.74) is 7.31. The summed E-state index contributed by atoms with van der Waals surface area (Å²) in [6, 6.07) is 3.57. The number of pyridine rings is 1. The van der Waals surface area contributed by atoms with Crippen molar-refractivity contribution in [3.8, 4) is 0 Å². The van der Waals surface area contributed by atoms with Gasteiger partial charge < -0.3 is 10.2 Å². The molecule has 4 nitrogen and oxygen atoms in total. The number of hydrogen-bond acceptors (Lipinski definition) is 4. The molecule has 0 aliphatic heterocycles. The van der Waals surface area contributed by atoms with Crippen molar-refractivity contribution < 1.29 is 4.42 Å². The van der Waals surface area contributed by atoms with E-state index < -0.39 is 0 Å². The van der Waals surface area contributed by atoms with E-state index in [0.29, 0.717) is 17.1 Å². The normalized spacial score (nSPS) is 13.2. The van der Waals surface area contributed by atoms with E-state index in [9.17, 15) is 0 Å². The zero-order valence-electron chi connectivity index (χ0n) is 8.81. The van der Waals surface area contributed by atoms with Crippen LogP contribution in [0.5, 0.6) is 0 Å². The van der Waals surface area contributed by atoms with Gasteiger partial charge in [0.05, 0.1) is 6.04 Å². The van der Waals surface area contributed by atoms with Crippen LogP contribution in [0, 0.1) is 0 Å². The Balaban J connectivity index is 2.20. The van der Waals surface area contributed by atoms with E-state index in [4.69, 9.17) is 10.2 Å². The van der Waals surface area contributed by atoms with Gasteiger partial charge >= 0.3 is 0 Å². The summed E-state index contributed by atoms with van der Waals surface area (Å²) in [5.74, 6) is 0.595. The first-order valence-corrected chi connectivity index (χ1v) is 5.28. The van der Waals surface area contributed by atoms with Crippen LogP contribution in [0.1, 0.15) is 38.1 Å². The smallest absolute Gasteiger partial charge is 0.213 e. The van der Waals surface area contributed by atoms with E-state index in [1.54, 1.807) is 6.20 Å². The molecule has 0 fully saturated rings. The maximum absolute atomic E-state index is 5.96. The van der Waals surface area contributed by atoms with E-state index in [1.165, 1.54) is 0 Å². The maximum atomic E-state index is 5.96. The molecule has 15 heavy (non-hydrogen) atoms. The van der Waals surface area contributed by atoms with Crippen LogP contribution >= 0.6 is 0 Å². The molecule has 4 heteroatoms. The van der Waals surface area contributed by atoms with E-state index in [0.717, 1.165) is 19.3 Å². The average molecular weight is 205 g/mol. The number of rotatable bonds is 4. The minimum absolute atomic E-state index is 0.112. The highest BCUT2D eigenvalue weighted by atomic mass is 16.3. The zero-order valence-corrected chi connectivity index (χ0v) is 8.81. The van der Waals surface area contributed by atoms with E-state index in [-0.39, 0.29) is 6.04 Å². The van der Waals surface area contributed by atoms with Crippen molar-refractivity contribution in [1.29, 1.82) is 0 Å². The number of nitrogens with two attached hydrogens (primary N) is 1. The highest BCUT2D eigenvalue weighted by molar-refractivity contribution is 5.66. The Kier molecular flexibility index (Phi) is 2.97. The third-order valence-electron chi connectivity index (χ3n) is 2.37. The summed E-state index contributed by atoms with van der Waals surface area (Å²) in [4.78, 5) is 8.37. The lowest BCUT2D eigenvalue weighted by atomic mass is 10.1. The summed E-state index contributed by atoms with van der Waals surface area (Å²) in [6.07, 6.45) is 4.83. The Morgan fingerprint density at radius 2 is 2.40 bits per heavy atom. The first-order chi connectivity index (χ1) is 7.31. The van der Waals surface area contributed by atoms with Gasteiger partial charge in [-0.05, 0) is 18.6 Å². The van der Waals surface area contributed by atoms with Gasteiger partial charge in [0.25, 0.3) is 0 Å². The second kappa shape index (κ2) is 4.40. The van der Waals surface area contributed by atoms with Crippen LogP contribution in [0.15, 0.2) is 22.7 Å². The number of fused-ring (bicyclic) bond motifs is 1. The quantitative estimate of drug-likeness (QED) is 0.832. The molecule has 0 aliphatic rings. The maximum Gasteiger partial charge on any atom is 0.213 e. The lowest BCUT2D eigenvalue weighted by molar-refractivity contribution is 0.450. The molecule has 0 aliphatic carbocycles. The van der Waals surface area contributed by atoms with Crippen LogP contribution in [0.25, 0.3) is 11.2 Å². The van der Waals surface area contributed by atoms with Crippen molar-refractivity contribution in [3.63, 3.8) is 0 Å². The number of unbranched alkanes of at least 4 members (excludes halogenated alkanes) is 1. The Bertz CT molecular complexity index is 405. The minimum atomic E-state index is -0.112. The van der Waals surface area contributed by atoms with Gasteiger partial charge in [-0.3, -0.25) is 0 Å². The molecule has 2 aromatic rings. The second-order valence-electron chi connectivity index (χ2n) is 3.63. The molecule has 0 amide bonds. The Labute approximate surface area is 88.5 Å². The predicted octanol–water partition coefficient (Wildman–Crippen LogP) is 2.41. The molecule has 1 unspecified atom stereocenters. The number of oxazole rings is 1. The predicted molar refractivity (Wildman–Crippen MR) is 58.3 cm³/mol. The van der Waals surface area contributed by atoms with Crippen LogP contribution in [0.2, 0.25) is 0 Å². The number of aromatic nitrogens is 2. The van der Waals surface area contributed by atoms with Crippen molar-refractivity contribution in [1.82, 2.24) is 9.97 Å². The van der Waals surface area contributed by atoms with Crippen LogP contribution < -0.4 is 5.73 Å². The fourth-order valence-corrected chi connectivity index (χ4v) is 1.49. The molecule has 0 aromatic carbocycles. The molecule has 1 atom stereocenters. The van der Waals surface area contributed by atoms with Crippen LogP contribution in [-0.2, 0) is 0 Å². The molecule has 0 saturated heterocycles. The first kappa shape index (κ1) is 10.1. The van der Waals surface area contributed by atoms with Gasteiger partial charge in [0.2, 0.25) is 5.89 Å². The first-order valence-electron chi connectivity index (χ1n) is 5.28. The third-order valence-corrected chi connectivity index (χ3v) is 2.37. The van der Waals surface area contributed by atoms with Crippen LogP contribution in [0.3, 0.4) is 0 Å². The molecule has 0 bridgehead atoms. The molecule has 2 rings (SSSR count). The van der Waals surface area contributed by atoms with E-state index in [1.807, 2.05) is 12.1 Å². The van der Waals surface area contributed by atoms with Crippen molar-refractivity contribution >= 4 is 11.2 Å². The highest BCUT2D eigenvalue weighted by Gasteiger charge is 2.13. The summed E-state index contributed by atoms with van der Waals surface area (Å²) < 4.78 is 5.53. The molecule has 0 spiro atoms. The molecule has 0 radical (unpaired) electrons. The highest BCUT2D eigenvalue weighted by Crippen LogP contribution is 2.20. The SMILES string of the molecule is CCCCC(N)c1nc2ncccc2o1.